The second-order valence-corrected chi connectivity index (χ2v) is 6.79. The molecule has 1 aliphatic carbocycles. The van der Waals surface area contributed by atoms with Crippen LogP contribution in [0.25, 0.3) is 0 Å². The van der Waals surface area contributed by atoms with Gasteiger partial charge in [-0.1, -0.05) is 44.1 Å². The molecule has 0 saturated heterocycles. The van der Waals surface area contributed by atoms with Gasteiger partial charge >= 0.3 is 5.97 Å². The molecular formula is C20H31FO4. The van der Waals surface area contributed by atoms with Gasteiger partial charge in [0.25, 0.3) is 0 Å². The van der Waals surface area contributed by atoms with Gasteiger partial charge < -0.3 is 10.2 Å². The number of ketones is 1. The summed E-state index contributed by atoms with van der Waals surface area (Å²) in [5.74, 6) is -0.607. The van der Waals surface area contributed by atoms with E-state index in [0.717, 1.165) is 25.7 Å². The zero-order chi connectivity index (χ0) is 18.7. The van der Waals surface area contributed by atoms with Crippen molar-refractivity contribution < 1.29 is 24.2 Å². The number of rotatable bonds is 12. The van der Waals surface area contributed by atoms with Crippen LogP contribution in [0.2, 0.25) is 0 Å². The van der Waals surface area contributed by atoms with Crippen LogP contribution < -0.4 is 0 Å². The van der Waals surface area contributed by atoms with Gasteiger partial charge in [-0.3, -0.25) is 9.59 Å². The zero-order valence-electron chi connectivity index (χ0n) is 15.1. The molecule has 1 saturated carbocycles. The molecule has 0 aromatic heterocycles. The number of aliphatic hydroxyl groups is 1. The van der Waals surface area contributed by atoms with Crippen molar-refractivity contribution in [3.63, 3.8) is 0 Å². The van der Waals surface area contributed by atoms with E-state index in [2.05, 4.69) is 0 Å². The summed E-state index contributed by atoms with van der Waals surface area (Å²) in [6.07, 6.45) is 10.1. The van der Waals surface area contributed by atoms with Crippen LogP contribution in [0.1, 0.15) is 64.7 Å². The number of hydrogen-bond acceptors (Lipinski definition) is 3. The first-order valence-corrected chi connectivity index (χ1v) is 9.35. The van der Waals surface area contributed by atoms with E-state index in [1.165, 1.54) is 6.08 Å². The molecule has 2 N–H and O–H groups in total. The van der Waals surface area contributed by atoms with Crippen molar-refractivity contribution in [2.24, 2.45) is 11.8 Å². The number of allylic oxidation sites excluding steroid dienone is 3. The van der Waals surface area contributed by atoms with Gasteiger partial charge in [-0.15, -0.1) is 0 Å². The van der Waals surface area contributed by atoms with Crippen LogP contribution in [0, 0.1) is 11.8 Å². The normalized spacial score (nSPS) is 23.6. The quantitative estimate of drug-likeness (QED) is 0.514. The number of aliphatic hydroxyl groups excluding tert-OH is 1. The van der Waals surface area contributed by atoms with Crippen LogP contribution >= 0.6 is 0 Å². The minimum absolute atomic E-state index is 0.0629. The number of hydrogen-bond donors (Lipinski definition) is 2. The van der Waals surface area contributed by atoms with Gasteiger partial charge in [0.1, 0.15) is 18.1 Å². The largest absolute Gasteiger partial charge is 0.481 e. The number of halogens is 1. The Balaban J connectivity index is 2.43. The SMILES string of the molecule is CCCCC(F)C(O)C=C[C@H]1CCC(=O)[C@@H]1CC/C=C/CCC(=O)O. The van der Waals surface area contributed by atoms with E-state index < -0.39 is 18.2 Å². The zero-order valence-corrected chi connectivity index (χ0v) is 15.1. The summed E-state index contributed by atoms with van der Waals surface area (Å²) in [5.41, 5.74) is 0. The first kappa shape index (κ1) is 21.6. The summed E-state index contributed by atoms with van der Waals surface area (Å²) in [6.45, 7) is 1.99. The molecule has 0 aromatic carbocycles. The van der Waals surface area contributed by atoms with E-state index in [-0.39, 0.29) is 24.0 Å². The summed E-state index contributed by atoms with van der Waals surface area (Å²) in [7, 11) is 0. The Bertz CT molecular complexity index is 472. The van der Waals surface area contributed by atoms with Gasteiger partial charge in [-0.2, -0.15) is 0 Å². The van der Waals surface area contributed by atoms with Crippen LogP contribution in [0.15, 0.2) is 24.3 Å². The third-order valence-electron chi connectivity index (χ3n) is 4.75. The summed E-state index contributed by atoms with van der Waals surface area (Å²) < 4.78 is 13.8. The van der Waals surface area contributed by atoms with Crippen molar-refractivity contribution in [3.8, 4) is 0 Å². The Labute approximate surface area is 149 Å². The Morgan fingerprint density at radius 2 is 2.08 bits per heavy atom. The molecule has 0 bridgehead atoms. The first-order valence-electron chi connectivity index (χ1n) is 9.35. The molecule has 142 valence electrons. The Morgan fingerprint density at radius 3 is 2.76 bits per heavy atom. The number of carbonyl (C=O) groups is 2. The third-order valence-corrected chi connectivity index (χ3v) is 4.75. The van der Waals surface area contributed by atoms with Crippen LogP contribution in [-0.4, -0.2) is 34.2 Å². The molecule has 0 spiro atoms. The maximum atomic E-state index is 13.8. The number of aliphatic carboxylic acids is 1. The van der Waals surface area contributed by atoms with Crippen molar-refractivity contribution in [1.29, 1.82) is 0 Å². The molecular weight excluding hydrogens is 323 g/mol. The van der Waals surface area contributed by atoms with E-state index in [4.69, 9.17) is 5.11 Å². The lowest BCUT2D eigenvalue weighted by molar-refractivity contribution is -0.136. The van der Waals surface area contributed by atoms with Crippen molar-refractivity contribution in [2.45, 2.75) is 77.0 Å². The highest BCUT2D eigenvalue weighted by atomic mass is 19.1. The predicted molar refractivity (Wildman–Crippen MR) is 96.0 cm³/mol. The molecule has 0 aliphatic heterocycles. The van der Waals surface area contributed by atoms with Gasteiger partial charge in [-0.25, -0.2) is 4.39 Å². The minimum Gasteiger partial charge on any atom is -0.481 e. The number of carboxylic acids is 1. The second-order valence-electron chi connectivity index (χ2n) is 6.79. The molecule has 1 fully saturated rings. The fourth-order valence-electron chi connectivity index (χ4n) is 3.20. The van der Waals surface area contributed by atoms with Crippen molar-refractivity contribution in [1.82, 2.24) is 0 Å². The Hall–Kier alpha value is -1.49. The van der Waals surface area contributed by atoms with Crippen LogP contribution in [0.3, 0.4) is 0 Å². The van der Waals surface area contributed by atoms with Crippen LogP contribution in [0.4, 0.5) is 4.39 Å². The lowest BCUT2D eigenvalue weighted by atomic mass is 9.90. The molecule has 5 heteroatoms. The van der Waals surface area contributed by atoms with Crippen molar-refractivity contribution >= 4 is 11.8 Å². The van der Waals surface area contributed by atoms with Gasteiger partial charge in [0, 0.05) is 18.8 Å². The van der Waals surface area contributed by atoms with E-state index in [9.17, 15) is 19.1 Å². The number of carbonyl (C=O) groups excluding carboxylic acids is 1. The second kappa shape index (κ2) is 12.0. The Kier molecular flexibility index (Phi) is 10.3. The van der Waals surface area contributed by atoms with Gasteiger partial charge in [0.2, 0.25) is 0 Å². The highest BCUT2D eigenvalue weighted by molar-refractivity contribution is 5.83. The summed E-state index contributed by atoms with van der Waals surface area (Å²) >= 11 is 0. The monoisotopic (exact) mass is 354 g/mol. The summed E-state index contributed by atoms with van der Waals surface area (Å²) in [6, 6.07) is 0. The molecule has 0 aromatic rings. The molecule has 1 aliphatic rings. The van der Waals surface area contributed by atoms with E-state index >= 15 is 0 Å². The van der Waals surface area contributed by atoms with Gasteiger partial charge in [-0.05, 0) is 38.0 Å². The summed E-state index contributed by atoms with van der Waals surface area (Å²) in [4.78, 5) is 22.5. The highest BCUT2D eigenvalue weighted by Gasteiger charge is 2.32. The maximum Gasteiger partial charge on any atom is 0.303 e. The molecule has 1 rings (SSSR count). The van der Waals surface area contributed by atoms with E-state index in [0.29, 0.717) is 25.7 Å². The average Bonchev–Trinajstić information content (AvgIpc) is 2.93. The molecule has 4 nitrogen and oxygen atoms in total. The molecule has 2 unspecified atom stereocenters. The smallest absolute Gasteiger partial charge is 0.303 e. The molecule has 4 atom stereocenters. The third kappa shape index (κ3) is 8.43. The lowest BCUT2D eigenvalue weighted by Gasteiger charge is -2.16. The highest BCUT2D eigenvalue weighted by Crippen LogP contribution is 2.33. The summed E-state index contributed by atoms with van der Waals surface area (Å²) in [5, 5.41) is 18.4. The van der Waals surface area contributed by atoms with Gasteiger partial charge in [0.15, 0.2) is 0 Å². The first-order chi connectivity index (χ1) is 12.0. The minimum atomic E-state index is -1.25. The number of Topliss-reactive ketones (excluding diaryl/α,β-unsaturated/α-hetero) is 1. The van der Waals surface area contributed by atoms with Gasteiger partial charge in [0.05, 0.1) is 0 Å². The van der Waals surface area contributed by atoms with E-state index in [1.807, 2.05) is 25.2 Å². The number of unbranched alkanes of at least 4 members (excludes halogenated alkanes) is 1. The van der Waals surface area contributed by atoms with Crippen molar-refractivity contribution in [3.05, 3.63) is 24.3 Å². The standard InChI is InChI=1S/C20H31FO4/c1-2-3-9-17(21)19(23)14-12-15-11-13-18(22)16(15)8-6-4-5-7-10-20(24)25/h4-5,12,14-17,19,23H,2-3,6-11,13H2,1H3,(H,24,25)/b5-4+,14-12?/t15-,16-,17?,19?/m1/s1. The predicted octanol–water partition coefficient (Wildman–Crippen LogP) is 4.23. The van der Waals surface area contributed by atoms with Crippen molar-refractivity contribution in [2.75, 3.05) is 0 Å². The lowest BCUT2D eigenvalue weighted by Crippen LogP contribution is -2.20. The van der Waals surface area contributed by atoms with Crippen LogP contribution in [-0.2, 0) is 9.59 Å². The maximum absolute atomic E-state index is 13.8. The molecule has 25 heavy (non-hydrogen) atoms. The number of alkyl halides is 1. The van der Waals surface area contributed by atoms with Crippen LogP contribution in [0.5, 0.6) is 0 Å². The fourth-order valence-corrected chi connectivity index (χ4v) is 3.20. The average molecular weight is 354 g/mol. The topological polar surface area (TPSA) is 74.6 Å². The molecule has 0 radical (unpaired) electrons. The fraction of sp³-hybridized carbons (Fsp3) is 0.700. The molecule has 0 amide bonds. The Morgan fingerprint density at radius 1 is 1.36 bits per heavy atom. The molecule has 0 heterocycles. The van der Waals surface area contributed by atoms with E-state index in [1.54, 1.807) is 0 Å². The number of carboxylic acid groups (broad SMARTS) is 1.